The van der Waals surface area contributed by atoms with Crippen LogP contribution in [0.3, 0.4) is 0 Å². The number of benzene rings is 2. The zero-order valence-electron chi connectivity index (χ0n) is 12.7. The van der Waals surface area contributed by atoms with Crippen molar-refractivity contribution in [1.29, 1.82) is 0 Å². The van der Waals surface area contributed by atoms with Gasteiger partial charge >= 0.3 is 0 Å². The van der Waals surface area contributed by atoms with Crippen molar-refractivity contribution in [3.05, 3.63) is 87.8 Å². The number of halogens is 2. The van der Waals surface area contributed by atoms with Crippen LogP contribution in [0.4, 0.5) is 8.78 Å². The molecule has 1 heterocycles. The molecule has 0 saturated carbocycles. The Hall–Kier alpha value is -2.69. The van der Waals surface area contributed by atoms with Crippen LogP contribution >= 0.6 is 0 Å². The van der Waals surface area contributed by atoms with Crippen molar-refractivity contribution in [2.45, 2.75) is 12.8 Å². The number of aromatic nitrogens is 2. The fourth-order valence-corrected chi connectivity index (χ4v) is 2.61. The normalized spacial score (nSPS) is 10.9. The average molecular weight is 314 g/mol. The molecule has 0 aliphatic rings. The summed E-state index contributed by atoms with van der Waals surface area (Å²) in [5.74, 6) is -0.601. The van der Waals surface area contributed by atoms with E-state index in [1.165, 1.54) is 28.9 Å². The van der Waals surface area contributed by atoms with Crippen molar-refractivity contribution >= 4 is 0 Å². The summed E-state index contributed by atoms with van der Waals surface area (Å²) in [6, 6.07) is 13.7. The highest BCUT2D eigenvalue weighted by Crippen LogP contribution is 2.11. The monoisotopic (exact) mass is 314 g/mol. The van der Waals surface area contributed by atoms with E-state index in [1.807, 2.05) is 0 Å². The Morgan fingerprint density at radius 3 is 2.04 bits per heavy atom. The lowest BCUT2D eigenvalue weighted by molar-refractivity contribution is 0.604. The highest BCUT2D eigenvalue weighted by Gasteiger charge is 2.10. The minimum Gasteiger partial charge on any atom is -0.285 e. The summed E-state index contributed by atoms with van der Waals surface area (Å²) in [4.78, 5) is 12.2. The zero-order valence-corrected chi connectivity index (χ0v) is 12.7. The molecule has 0 N–H and O–H groups in total. The van der Waals surface area contributed by atoms with Gasteiger partial charge < -0.3 is 0 Å². The molecule has 0 fully saturated rings. The molecule has 3 rings (SSSR count). The van der Waals surface area contributed by atoms with Gasteiger partial charge in [0, 0.05) is 18.8 Å². The predicted molar refractivity (Wildman–Crippen MR) is 84.8 cm³/mol. The molecule has 0 atom stereocenters. The van der Waals surface area contributed by atoms with Gasteiger partial charge in [-0.05, 0) is 54.8 Å². The van der Waals surface area contributed by atoms with Gasteiger partial charge in [0.1, 0.15) is 11.6 Å². The minimum atomic E-state index is -0.340. The van der Waals surface area contributed by atoms with Crippen LogP contribution < -0.4 is 5.56 Å². The van der Waals surface area contributed by atoms with E-state index in [-0.39, 0.29) is 17.2 Å². The van der Waals surface area contributed by atoms with Crippen LogP contribution in [0.5, 0.6) is 0 Å². The molecule has 0 spiro atoms. The molecule has 2 aromatic carbocycles. The van der Waals surface area contributed by atoms with Gasteiger partial charge in [-0.1, -0.05) is 12.1 Å². The van der Waals surface area contributed by atoms with Crippen LogP contribution in [0.1, 0.15) is 11.3 Å². The Bertz CT molecular complexity index is 862. The first-order valence-electron chi connectivity index (χ1n) is 7.33. The summed E-state index contributed by atoms with van der Waals surface area (Å²) in [5.41, 5.74) is 2.33. The third kappa shape index (κ3) is 3.23. The van der Waals surface area contributed by atoms with E-state index in [1.54, 1.807) is 42.1 Å². The molecule has 118 valence electrons. The maximum atomic E-state index is 13.0. The highest BCUT2D eigenvalue weighted by molar-refractivity contribution is 5.31. The molecule has 1 aromatic heterocycles. The Kier molecular flexibility index (Phi) is 4.10. The molecular formula is C18H16F2N2O. The maximum Gasteiger partial charge on any atom is 0.271 e. The maximum absolute atomic E-state index is 13.0. The molecule has 3 nitrogen and oxygen atoms in total. The van der Waals surface area contributed by atoms with Gasteiger partial charge in [-0.3, -0.25) is 9.48 Å². The molecule has 23 heavy (non-hydrogen) atoms. The second-order valence-corrected chi connectivity index (χ2v) is 5.41. The molecule has 0 aliphatic carbocycles. The van der Waals surface area contributed by atoms with Gasteiger partial charge in [-0.15, -0.1) is 0 Å². The summed E-state index contributed by atoms with van der Waals surface area (Å²) in [7, 11) is 1.80. The van der Waals surface area contributed by atoms with Gasteiger partial charge in [-0.2, -0.15) is 0 Å². The molecule has 0 unspecified atom stereocenters. The molecule has 0 saturated heterocycles. The number of hydrogen-bond donors (Lipinski definition) is 0. The quantitative estimate of drug-likeness (QED) is 0.726. The molecule has 0 bridgehead atoms. The molecule has 0 radical (unpaired) electrons. The summed E-state index contributed by atoms with van der Waals surface area (Å²) >= 11 is 0. The van der Waals surface area contributed by atoms with Gasteiger partial charge in [-0.25, -0.2) is 13.5 Å². The van der Waals surface area contributed by atoms with Crippen LogP contribution in [0.25, 0.3) is 5.69 Å². The number of aryl methyl sites for hydroxylation is 2. The molecular weight excluding hydrogens is 298 g/mol. The second kappa shape index (κ2) is 6.20. The number of hydrogen-bond acceptors (Lipinski definition) is 1. The summed E-state index contributed by atoms with van der Waals surface area (Å²) in [6.45, 7) is 0. The minimum absolute atomic E-state index is 0.159. The molecule has 0 aliphatic heterocycles. The van der Waals surface area contributed by atoms with Crippen molar-refractivity contribution in [3.63, 3.8) is 0 Å². The Labute approximate surface area is 132 Å². The standard InChI is InChI=1S/C18H16F2N2O/c1-21-17(9-4-13-2-5-14(19)6-3-13)12-18(23)22(21)16-10-7-15(20)8-11-16/h2-3,5-8,10-12H,4,9H2,1H3. The van der Waals surface area contributed by atoms with Gasteiger partial charge in [0.05, 0.1) is 5.69 Å². The van der Waals surface area contributed by atoms with E-state index in [0.29, 0.717) is 18.5 Å². The van der Waals surface area contributed by atoms with E-state index >= 15 is 0 Å². The van der Waals surface area contributed by atoms with Crippen molar-refractivity contribution in [2.24, 2.45) is 7.05 Å². The molecule has 0 amide bonds. The first-order valence-corrected chi connectivity index (χ1v) is 7.33. The fraction of sp³-hybridized carbons (Fsp3) is 0.167. The summed E-state index contributed by atoms with van der Waals surface area (Å²) in [5, 5.41) is 0. The topological polar surface area (TPSA) is 26.9 Å². The predicted octanol–water partition coefficient (Wildman–Crippen LogP) is 3.24. The van der Waals surface area contributed by atoms with Crippen molar-refractivity contribution in [1.82, 2.24) is 9.36 Å². The van der Waals surface area contributed by atoms with E-state index in [2.05, 4.69) is 0 Å². The zero-order chi connectivity index (χ0) is 16.4. The number of rotatable bonds is 4. The van der Waals surface area contributed by atoms with Gasteiger partial charge in [0.25, 0.3) is 5.56 Å². The van der Waals surface area contributed by atoms with E-state index in [9.17, 15) is 13.6 Å². The van der Waals surface area contributed by atoms with Gasteiger partial charge in [0.15, 0.2) is 0 Å². The van der Waals surface area contributed by atoms with Crippen molar-refractivity contribution < 1.29 is 8.78 Å². The van der Waals surface area contributed by atoms with E-state index in [4.69, 9.17) is 0 Å². The molecule has 3 aromatic rings. The average Bonchev–Trinajstić information content (AvgIpc) is 2.82. The smallest absolute Gasteiger partial charge is 0.271 e. The van der Waals surface area contributed by atoms with Crippen LogP contribution in [-0.4, -0.2) is 9.36 Å². The van der Waals surface area contributed by atoms with Crippen LogP contribution in [0.2, 0.25) is 0 Å². The summed E-state index contributed by atoms with van der Waals surface area (Å²) < 4.78 is 29.2. The van der Waals surface area contributed by atoms with Crippen molar-refractivity contribution in [2.75, 3.05) is 0 Å². The fourth-order valence-electron chi connectivity index (χ4n) is 2.61. The Morgan fingerprint density at radius 2 is 1.43 bits per heavy atom. The van der Waals surface area contributed by atoms with Crippen LogP contribution in [0.15, 0.2) is 59.4 Å². The SMILES string of the molecule is Cn1c(CCc2ccc(F)cc2)cc(=O)n1-c1ccc(F)cc1. The Balaban J connectivity index is 1.84. The van der Waals surface area contributed by atoms with E-state index < -0.39 is 0 Å². The second-order valence-electron chi connectivity index (χ2n) is 5.41. The molecule has 5 heteroatoms. The lowest BCUT2D eigenvalue weighted by Gasteiger charge is -2.10. The first-order chi connectivity index (χ1) is 11.0. The summed E-state index contributed by atoms with van der Waals surface area (Å²) in [6.07, 6.45) is 1.37. The Morgan fingerprint density at radius 1 is 0.870 bits per heavy atom. The highest BCUT2D eigenvalue weighted by atomic mass is 19.1. The van der Waals surface area contributed by atoms with Crippen molar-refractivity contribution in [3.8, 4) is 5.69 Å². The van der Waals surface area contributed by atoms with Crippen LogP contribution in [-0.2, 0) is 19.9 Å². The number of nitrogens with zero attached hydrogens (tertiary/aromatic N) is 2. The van der Waals surface area contributed by atoms with E-state index in [0.717, 1.165) is 11.3 Å². The lowest BCUT2D eigenvalue weighted by atomic mass is 10.1. The third-order valence-corrected chi connectivity index (χ3v) is 3.87. The first kappa shape index (κ1) is 15.2. The van der Waals surface area contributed by atoms with Gasteiger partial charge in [0.2, 0.25) is 0 Å². The van der Waals surface area contributed by atoms with Crippen LogP contribution in [0, 0.1) is 11.6 Å². The largest absolute Gasteiger partial charge is 0.285 e. The third-order valence-electron chi connectivity index (χ3n) is 3.87. The lowest BCUT2D eigenvalue weighted by Crippen LogP contribution is -2.19.